The maximum Gasteiger partial charge on any atom is 0.326 e. The van der Waals surface area contributed by atoms with Gasteiger partial charge in [0.15, 0.2) is 0 Å². The topological polar surface area (TPSA) is 78.4 Å². The molecule has 3 rings (SSSR count). The van der Waals surface area contributed by atoms with Gasteiger partial charge in [-0.1, -0.05) is 0 Å². The summed E-state index contributed by atoms with van der Waals surface area (Å²) >= 11 is 0. The van der Waals surface area contributed by atoms with Gasteiger partial charge in [0.25, 0.3) is 0 Å². The third kappa shape index (κ3) is 1.99. The Hall–Kier alpha value is -2.24. The van der Waals surface area contributed by atoms with Crippen molar-refractivity contribution in [2.45, 2.75) is 18.9 Å². The quantitative estimate of drug-likeness (QED) is 0.877. The van der Waals surface area contributed by atoms with Crippen LogP contribution in [0.3, 0.4) is 0 Å². The molecular weight excluding hydrogens is 246 g/mol. The SMILES string of the molecule is COc1ccc2nc(N3CCCC3C(=O)O)[nH]c2c1. The number of carbonyl (C=O) groups is 1. The summed E-state index contributed by atoms with van der Waals surface area (Å²) in [5.74, 6) is 0.572. The number of nitrogens with one attached hydrogen (secondary N) is 1. The van der Waals surface area contributed by atoms with Gasteiger partial charge in [-0.25, -0.2) is 9.78 Å². The van der Waals surface area contributed by atoms with E-state index in [1.54, 1.807) is 7.11 Å². The minimum atomic E-state index is -0.796. The molecule has 1 fully saturated rings. The Kier molecular flexibility index (Phi) is 2.77. The highest BCUT2D eigenvalue weighted by molar-refractivity contribution is 5.82. The second kappa shape index (κ2) is 4.46. The molecule has 100 valence electrons. The summed E-state index contributed by atoms with van der Waals surface area (Å²) in [5.41, 5.74) is 1.66. The van der Waals surface area contributed by atoms with Gasteiger partial charge in [0, 0.05) is 12.6 Å². The van der Waals surface area contributed by atoms with Gasteiger partial charge in [-0.05, 0) is 25.0 Å². The number of imidazole rings is 1. The Morgan fingerprint density at radius 2 is 2.42 bits per heavy atom. The minimum absolute atomic E-state index is 0.484. The zero-order valence-electron chi connectivity index (χ0n) is 10.6. The van der Waals surface area contributed by atoms with E-state index in [1.807, 2.05) is 23.1 Å². The molecule has 1 aliphatic heterocycles. The number of rotatable bonds is 3. The lowest BCUT2D eigenvalue weighted by Gasteiger charge is -2.19. The van der Waals surface area contributed by atoms with E-state index < -0.39 is 12.0 Å². The predicted molar refractivity (Wildman–Crippen MR) is 70.6 cm³/mol. The number of ether oxygens (including phenoxy) is 1. The maximum atomic E-state index is 11.2. The second-order valence-electron chi connectivity index (χ2n) is 4.63. The number of methoxy groups -OCH3 is 1. The molecule has 1 unspecified atom stereocenters. The number of nitrogens with zero attached hydrogens (tertiary/aromatic N) is 2. The number of hydrogen-bond donors (Lipinski definition) is 2. The van der Waals surface area contributed by atoms with Crippen LogP contribution in [-0.2, 0) is 4.79 Å². The molecule has 1 aromatic heterocycles. The molecule has 0 saturated carbocycles. The maximum absolute atomic E-state index is 11.2. The van der Waals surface area contributed by atoms with Gasteiger partial charge in [0.2, 0.25) is 5.95 Å². The summed E-state index contributed by atoms with van der Waals surface area (Å²) in [4.78, 5) is 20.6. The van der Waals surface area contributed by atoms with E-state index in [9.17, 15) is 9.90 Å². The largest absolute Gasteiger partial charge is 0.497 e. The van der Waals surface area contributed by atoms with Gasteiger partial charge in [0.1, 0.15) is 11.8 Å². The lowest BCUT2D eigenvalue weighted by Crippen LogP contribution is -2.36. The molecule has 0 aliphatic carbocycles. The van der Waals surface area contributed by atoms with E-state index in [1.165, 1.54) is 0 Å². The number of hydrogen-bond acceptors (Lipinski definition) is 4. The first-order valence-corrected chi connectivity index (χ1v) is 6.22. The highest BCUT2D eigenvalue weighted by Gasteiger charge is 2.32. The van der Waals surface area contributed by atoms with E-state index in [0.29, 0.717) is 18.9 Å². The molecule has 2 aromatic rings. The van der Waals surface area contributed by atoms with E-state index in [0.717, 1.165) is 23.2 Å². The summed E-state index contributed by atoms with van der Waals surface area (Å²) < 4.78 is 5.16. The number of fused-ring (bicyclic) bond motifs is 1. The molecule has 1 aromatic carbocycles. The molecule has 0 amide bonds. The van der Waals surface area contributed by atoms with Crippen molar-refractivity contribution in [1.82, 2.24) is 9.97 Å². The van der Waals surface area contributed by atoms with Gasteiger partial charge in [-0.2, -0.15) is 0 Å². The lowest BCUT2D eigenvalue weighted by atomic mass is 10.2. The minimum Gasteiger partial charge on any atom is -0.497 e. The van der Waals surface area contributed by atoms with E-state index in [-0.39, 0.29) is 0 Å². The van der Waals surface area contributed by atoms with Crippen LogP contribution in [0, 0.1) is 0 Å². The summed E-state index contributed by atoms with van der Waals surface area (Å²) in [6.07, 6.45) is 1.53. The Balaban J connectivity index is 1.98. The number of carboxylic acids is 1. The van der Waals surface area contributed by atoms with Crippen molar-refractivity contribution in [2.24, 2.45) is 0 Å². The van der Waals surface area contributed by atoms with Gasteiger partial charge in [0.05, 0.1) is 18.1 Å². The fourth-order valence-electron chi connectivity index (χ4n) is 2.52. The molecule has 1 saturated heterocycles. The molecule has 2 N–H and O–H groups in total. The smallest absolute Gasteiger partial charge is 0.326 e. The number of aromatic amines is 1. The number of anilines is 1. The van der Waals surface area contributed by atoms with Crippen LogP contribution in [0.5, 0.6) is 5.75 Å². The van der Waals surface area contributed by atoms with E-state index >= 15 is 0 Å². The molecule has 0 bridgehead atoms. The van der Waals surface area contributed by atoms with Crippen LogP contribution in [0.2, 0.25) is 0 Å². The Morgan fingerprint density at radius 3 is 3.16 bits per heavy atom. The molecule has 6 heteroatoms. The Labute approximate surface area is 110 Å². The van der Waals surface area contributed by atoms with Crippen molar-refractivity contribution in [3.8, 4) is 5.75 Å². The van der Waals surface area contributed by atoms with Crippen LogP contribution in [-0.4, -0.2) is 40.7 Å². The van der Waals surface area contributed by atoms with Crippen molar-refractivity contribution in [3.63, 3.8) is 0 Å². The number of benzene rings is 1. The van der Waals surface area contributed by atoms with Crippen LogP contribution in [0.4, 0.5) is 5.95 Å². The zero-order valence-corrected chi connectivity index (χ0v) is 10.6. The van der Waals surface area contributed by atoms with Gasteiger partial charge >= 0.3 is 5.97 Å². The van der Waals surface area contributed by atoms with Crippen LogP contribution in [0.25, 0.3) is 11.0 Å². The van der Waals surface area contributed by atoms with Gasteiger partial charge in [-0.15, -0.1) is 0 Å². The second-order valence-corrected chi connectivity index (χ2v) is 4.63. The number of H-pyrrole nitrogens is 1. The van der Waals surface area contributed by atoms with Crippen LogP contribution < -0.4 is 9.64 Å². The first-order chi connectivity index (χ1) is 9.19. The molecule has 1 atom stereocenters. The molecule has 19 heavy (non-hydrogen) atoms. The Morgan fingerprint density at radius 1 is 1.58 bits per heavy atom. The number of aliphatic carboxylic acids is 1. The summed E-state index contributed by atoms with van der Waals surface area (Å²) in [6.45, 7) is 0.716. The normalized spacial score (nSPS) is 19.0. The van der Waals surface area contributed by atoms with Crippen LogP contribution in [0.15, 0.2) is 18.2 Å². The molecule has 6 nitrogen and oxygen atoms in total. The van der Waals surface area contributed by atoms with Crippen LogP contribution in [0.1, 0.15) is 12.8 Å². The monoisotopic (exact) mass is 261 g/mol. The molecule has 0 radical (unpaired) electrons. The molecule has 1 aliphatic rings. The van der Waals surface area contributed by atoms with Crippen molar-refractivity contribution in [1.29, 1.82) is 0 Å². The summed E-state index contributed by atoms with van der Waals surface area (Å²) in [7, 11) is 1.61. The Bertz CT molecular complexity index is 623. The third-order valence-electron chi connectivity index (χ3n) is 3.49. The predicted octanol–water partition coefficient (Wildman–Crippen LogP) is 1.62. The number of aromatic nitrogens is 2. The number of carboxylic acid groups (broad SMARTS) is 1. The van der Waals surface area contributed by atoms with Gasteiger partial charge < -0.3 is 19.7 Å². The third-order valence-corrected chi connectivity index (χ3v) is 3.49. The lowest BCUT2D eigenvalue weighted by molar-refractivity contribution is -0.138. The first-order valence-electron chi connectivity index (χ1n) is 6.22. The zero-order chi connectivity index (χ0) is 13.4. The molecule has 0 spiro atoms. The highest BCUT2D eigenvalue weighted by atomic mass is 16.5. The van der Waals surface area contributed by atoms with Crippen molar-refractivity contribution >= 4 is 23.0 Å². The van der Waals surface area contributed by atoms with E-state index in [4.69, 9.17) is 4.74 Å². The van der Waals surface area contributed by atoms with Gasteiger partial charge in [-0.3, -0.25) is 0 Å². The summed E-state index contributed by atoms with van der Waals surface area (Å²) in [5, 5.41) is 9.20. The average molecular weight is 261 g/mol. The fourth-order valence-corrected chi connectivity index (χ4v) is 2.52. The van der Waals surface area contributed by atoms with E-state index in [2.05, 4.69) is 9.97 Å². The fraction of sp³-hybridized carbons (Fsp3) is 0.385. The standard InChI is InChI=1S/C13H15N3O3/c1-19-8-4-5-9-10(7-8)15-13(14-9)16-6-2-3-11(16)12(17)18/h4-5,7,11H,2-3,6H2,1H3,(H,14,15)(H,17,18). The highest BCUT2D eigenvalue weighted by Crippen LogP contribution is 2.27. The molecular formula is C13H15N3O3. The summed E-state index contributed by atoms with van der Waals surface area (Å²) in [6, 6.07) is 5.07. The van der Waals surface area contributed by atoms with Crippen LogP contribution >= 0.6 is 0 Å². The molecule has 2 heterocycles. The van der Waals surface area contributed by atoms with Crippen molar-refractivity contribution < 1.29 is 14.6 Å². The first kappa shape index (κ1) is 11.8. The average Bonchev–Trinajstić information content (AvgIpc) is 3.03. The van der Waals surface area contributed by atoms with Crippen molar-refractivity contribution in [2.75, 3.05) is 18.6 Å². The van der Waals surface area contributed by atoms with Crippen molar-refractivity contribution in [3.05, 3.63) is 18.2 Å².